The fraction of sp³-hybridized carbons (Fsp3) is 0.571. The first-order chi connectivity index (χ1) is 6.97. The van der Waals surface area contributed by atoms with E-state index in [9.17, 15) is 0 Å². The number of rotatable bonds is 7. The summed E-state index contributed by atoms with van der Waals surface area (Å²) in [6.07, 6.45) is 6.66. The highest BCUT2D eigenvalue weighted by atomic mass is 14.8. The SMILES string of the molecule is C=C(C)CC(C)/C=C/CC(C)C(=C)NC. The average molecular weight is 207 g/mol. The van der Waals surface area contributed by atoms with Crippen LogP contribution in [-0.4, -0.2) is 7.05 Å². The van der Waals surface area contributed by atoms with Crippen molar-refractivity contribution < 1.29 is 0 Å². The normalized spacial score (nSPS) is 14.9. The Morgan fingerprint density at radius 3 is 2.40 bits per heavy atom. The van der Waals surface area contributed by atoms with E-state index in [0.29, 0.717) is 11.8 Å². The summed E-state index contributed by atoms with van der Waals surface area (Å²) in [5, 5.41) is 3.09. The Morgan fingerprint density at radius 2 is 1.93 bits per heavy atom. The highest BCUT2D eigenvalue weighted by molar-refractivity contribution is 5.01. The summed E-state index contributed by atoms with van der Waals surface area (Å²) in [6.45, 7) is 14.4. The number of hydrogen-bond acceptors (Lipinski definition) is 1. The maximum Gasteiger partial charge on any atom is 0.00629 e. The van der Waals surface area contributed by atoms with Gasteiger partial charge in [0.15, 0.2) is 0 Å². The molecule has 2 atom stereocenters. The van der Waals surface area contributed by atoms with E-state index in [1.807, 2.05) is 7.05 Å². The van der Waals surface area contributed by atoms with E-state index in [1.165, 1.54) is 5.57 Å². The van der Waals surface area contributed by atoms with E-state index in [4.69, 9.17) is 0 Å². The van der Waals surface area contributed by atoms with E-state index in [2.05, 4.69) is 51.4 Å². The van der Waals surface area contributed by atoms with Crippen molar-refractivity contribution in [3.05, 3.63) is 36.6 Å². The molecule has 2 unspecified atom stereocenters. The van der Waals surface area contributed by atoms with Gasteiger partial charge in [-0.2, -0.15) is 0 Å². The van der Waals surface area contributed by atoms with Gasteiger partial charge < -0.3 is 5.32 Å². The Labute approximate surface area is 95.0 Å². The minimum absolute atomic E-state index is 0.503. The van der Waals surface area contributed by atoms with Crippen LogP contribution >= 0.6 is 0 Å². The molecule has 0 aliphatic rings. The highest BCUT2D eigenvalue weighted by Gasteiger charge is 2.02. The Balaban J connectivity index is 3.88. The van der Waals surface area contributed by atoms with Crippen LogP contribution in [0.1, 0.15) is 33.6 Å². The topological polar surface area (TPSA) is 12.0 Å². The number of hydrogen-bond donors (Lipinski definition) is 1. The van der Waals surface area contributed by atoms with Crippen LogP contribution < -0.4 is 5.32 Å². The molecule has 15 heavy (non-hydrogen) atoms. The molecule has 0 saturated carbocycles. The number of nitrogens with one attached hydrogen (secondary N) is 1. The molecule has 0 aliphatic carbocycles. The zero-order valence-electron chi connectivity index (χ0n) is 10.6. The molecular formula is C14H25N. The molecule has 1 nitrogen and oxygen atoms in total. The van der Waals surface area contributed by atoms with Crippen molar-refractivity contribution in [3.63, 3.8) is 0 Å². The van der Waals surface area contributed by atoms with Gasteiger partial charge in [0, 0.05) is 12.7 Å². The zero-order valence-corrected chi connectivity index (χ0v) is 10.6. The first kappa shape index (κ1) is 14.0. The van der Waals surface area contributed by atoms with E-state index in [0.717, 1.165) is 18.5 Å². The van der Waals surface area contributed by atoms with E-state index < -0.39 is 0 Å². The summed E-state index contributed by atoms with van der Waals surface area (Å²) in [6, 6.07) is 0. The van der Waals surface area contributed by atoms with Crippen LogP contribution in [-0.2, 0) is 0 Å². The minimum atomic E-state index is 0.503. The van der Waals surface area contributed by atoms with Gasteiger partial charge in [0.2, 0.25) is 0 Å². The summed E-state index contributed by atoms with van der Waals surface area (Å²) in [7, 11) is 1.92. The van der Waals surface area contributed by atoms with Crippen molar-refractivity contribution in [3.8, 4) is 0 Å². The molecule has 0 aromatic rings. The molecule has 0 rings (SSSR count). The summed E-state index contributed by atoms with van der Waals surface area (Å²) in [5.74, 6) is 1.10. The first-order valence-electron chi connectivity index (χ1n) is 5.65. The predicted octanol–water partition coefficient (Wildman–Crippen LogP) is 3.90. The second-order valence-electron chi connectivity index (χ2n) is 4.48. The van der Waals surface area contributed by atoms with Gasteiger partial charge in [-0.15, -0.1) is 6.58 Å². The molecule has 0 radical (unpaired) electrons. The van der Waals surface area contributed by atoms with Gasteiger partial charge in [-0.05, 0) is 31.6 Å². The third-order valence-corrected chi connectivity index (χ3v) is 2.54. The third kappa shape index (κ3) is 7.01. The van der Waals surface area contributed by atoms with Crippen LogP contribution in [0.3, 0.4) is 0 Å². The van der Waals surface area contributed by atoms with Crippen molar-refractivity contribution in [2.75, 3.05) is 7.05 Å². The first-order valence-corrected chi connectivity index (χ1v) is 5.65. The second-order valence-corrected chi connectivity index (χ2v) is 4.48. The fourth-order valence-corrected chi connectivity index (χ4v) is 1.52. The number of allylic oxidation sites excluding steroid dienone is 4. The van der Waals surface area contributed by atoms with E-state index >= 15 is 0 Å². The second kappa shape index (κ2) is 7.33. The molecule has 1 N–H and O–H groups in total. The standard InChI is InChI=1S/C14H25N/c1-11(2)10-12(3)8-7-9-13(4)14(5)15-6/h7-8,12-13,15H,1,5,9-10H2,2-4,6H3/b8-7+. The van der Waals surface area contributed by atoms with Gasteiger partial charge in [0.05, 0.1) is 0 Å². The Bertz CT molecular complexity index is 238. The van der Waals surface area contributed by atoms with Crippen molar-refractivity contribution in [2.45, 2.75) is 33.6 Å². The van der Waals surface area contributed by atoms with Gasteiger partial charge in [0.25, 0.3) is 0 Å². The maximum absolute atomic E-state index is 3.96. The fourth-order valence-electron chi connectivity index (χ4n) is 1.52. The smallest absolute Gasteiger partial charge is 0.00629 e. The molecule has 0 saturated heterocycles. The molecule has 0 amide bonds. The monoisotopic (exact) mass is 207 g/mol. The molecule has 86 valence electrons. The summed E-state index contributed by atoms with van der Waals surface area (Å²) in [4.78, 5) is 0. The lowest BCUT2D eigenvalue weighted by Crippen LogP contribution is -2.11. The summed E-state index contributed by atoms with van der Waals surface area (Å²) < 4.78 is 0. The van der Waals surface area contributed by atoms with Gasteiger partial charge in [0.1, 0.15) is 0 Å². The minimum Gasteiger partial charge on any atom is -0.392 e. The molecule has 0 aromatic carbocycles. The van der Waals surface area contributed by atoms with Crippen LogP contribution in [0.2, 0.25) is 0 Å². The van der Waals surface area contributed by atoms with Crippen molar-refractivity contribution in [1.82, 2.24) is 5.32 Å². The van der Waals surface area contributed by atoms with Crippen LogP contribution in [0.4, 0.5) is 0 Å². The highest BCUT2D eigenvalue weighted by Crippen LogP contribution is 2.14. The van der Waals surface area contributed by atoms with Gasteiger partial charge in [-0.3, -0.25) is 0 Å². The molecule has 0 heterocycles. The van der Waals surface area contributed by atoms with Crippen LogP contribution in [0, 0.1) is 11.8 Å². The molecule has 0 fully saturated rings. The van der Waals surface area contributed by atoms with Crippen molar-refractivity contribution in [2.24, 2.45) is 11.8 Å². The Kier molecular flexibility index (Phi) is 6.85. The van der Waals surface area contributed by atoms with Gasteiger partial charge in [-0.1, -0.05) is 38.2 Å². The zero-order chi connectivity index (χ0) is 11.8. The summed E-state index contributed by atoms with van der Waals surface area (Å²) >= 11 is 0. The average Bonchev–Trinajstić information content (AvgIpc) is 2.15. The largest absolute Gasteiger partial charge is 0.392 e. The van der Waals surface area contributed by atoms with Crippen molar-refractivity contribution >= 4 is 0 Å². The molecule has 1 heteroatoms. The summed E-state index contributed by atoms with van der Waals surface area (Å²) in [5.41, 5.74) is 2.35. The quantitative estimate of drug-likeness (QED) is 0.624. The molecule has 0 spiro atoms. The molecule has 0 aliphatic heterocycles. The van der Waals surface area contributed by atoms with E-state index in [1.54, 1.807) is 0 Å². The lowest BCUT2D eigenvalue weighted by atomic mass is 10.00. The lowest BCUT2D eigenvalue weighted by molar-refractivity contribution is 0.639. The molecule has 0 bridgehead atoms. The third-order valence-electron chi connectivity index (χ3n) is 2.54. The maximum atomic E-state index is 3.96. The predicted molar refractivity (Wildman–Crippen MR) is 69.7 cm³/mol. The molecular weight excluding hydrogens is 182 g/mol. The lowest BCUT2D eigenvalue weighted by Gasteiger charge is -2.12. The Morgan fingerprint density at radius 1 is 1.33 bits per heavy atom. The Hall–Kier alpha value is -0.980. The van der Waals surface area contributed by atoms with Gasteiger partial charge >= 0.3 is 0 Å². The van der Waals surface area contributed by atoms with Crippen LogP contribution in [0.5, 0.6) is 0 Å². The van der Waals surface area contributed by atoms with Crippen LogP contribution in [0.15, 0.2) is 36.6 Å². The van der Waals surface area contributed by atoms with E-state index in [-0.39, 0.29) is 0 Å². The van der Waals surface area contributed by atoms with Crippen molar-refractivity contribution in [1.29, 1.82) is 0 Å². The van der Waals surface area contributed by atoms with Crippen LogP contribution in [0.25, 0.3) is 0 Å². The van der Waals surface area contributed by atoms with Gasteiger partial charge in [-0.25, -0.2) is 0 Å². The molecule has 0 aromatic heterocycles.